The van der Waals surface area contributed by atoms with E-state index in [1.165, 1.54) is 135 Å². The summed E-state index contributed by atoms with van der Waals surface area (Å²) in [7, 11) is -4.39. The molecule has 0 saturated carbocycles. The third-order valence-electron chi connectivity index (χ3n) is 13.1. The lowest BCUT2D eigenvalue weighted by Crippen LogP contribution is -2.29. The molecule has 0 aromatic heterocycles. The number of rotatable bonds is 58. The fraction of sp³-hybridized carbons (Fsp3) is 0.701. The van der Waals surface area contributed by atoms with E-state index in [2.05, 4.69) is 123 Å². The Balaban J connectivity index is 3.90. The average molecular weight is 1090 g/mol. The first kappa shape index (κ1) is 73.7. The van der Waals surface area contributed by atoms with E-state index >= 15 is 0 Å². The minimum absolute atomic E-state index is 0.0498. The molecular formula is C67H116NO8P. The second-order valence-electron chi connectivity index (χ2n) is 20.5. The number of esters is 2. The lowest BCUT2D eigenvalue weighted by Gasteiger charge is -2.19. The Hall–Kier alpha value is -3.33. The van der Waals surface area contributed by atoms with E-state index in [-0.39, 0.29) is 38.6 Å². The number of ether oxygens (including phenoxy) is 2. The summed E-state index contributed by atoms with van der Waals surface area (Å²) in [6, 6.07) is 0. The van der Waals surface area contributed by atoms with E-state index in [1.54, 1.807) is 0 Å². The molecule has 0 spiro atoms. The molecule has 442 valence electrons. The molecule has 0 fully saturated rings. The van der Waals surface area contributed by atoms with Crippen LogP contribution < -0.4 is 5.73 Å². The Bertz CT molecular complexity index is 1630. The third-order valence-corrected chi connectivity index (χ3v) is 14.1. The van der Waals surface area contributed by atoms with Crippen molar-refractivity contribution in [2.45, 2.75) is 277 Å². The van der Waals surface area contributed by atoms with Gasteiger partial charge in [0.2, 0.25) is 0 Å². The number of hydrogen-bond acceptors (Lipinski definition) is 8. The van der Waals surface area contributed by atoms with Gasteiger partial charge in [0.05, 0.1) is 13.2 Å². The highest BCUT2D eigenvalue weighted by molar-refractivity contribution is 7.47. The molecule has 0 aromatic rings. The second-order valence-corrected chi connectivity index (χ2v) is 22.0. The zero-order chi connectivity index (χ0) is 55.9. The van der Waals surface area contributed by atoms with Crippen LogP contribution in [-0.4, -0.2) is 49.3 Å². The van der Waals surface area contributed by atoms with Crippen molar-refractivity contribution in [1.29, 1.82) is 0 Å². The summed E-state index contributed by atoms with van der Waals surface area (Å²) in [6.07, 6.45) is 84.4. The minimum atomic E-state index is -4.39. The molecule has 0 heterocycles. The van der Waals surface area contributed by atoms with E-state index in [0.717, 1.165) is 103 Å². The molecule has 77 heavy (non-hydrogen) atoms. The van der Waals surface area contributed by atoms with Crippen molar-refractivity contribution in [3.8, 4) is 0 Å². The van der Waals surface area contributed by atoms with E-state index in [4.69, 9.17) is 24.3 Å². The van der Waals surface area contributed by atoms with Gasteiger partial charge in [-0.05, 0) is 103 Å². The molecule has 0 radical (unpaired) electrons. The van der Waals surface area contributed by atoms with E-state index in [1.807, 2.05) is 0 Å². The summed E-state index contributed by atoms with van der Waals surface area (Å²) in [6.45, 7) is 3.63. The standard InChI is InChI=1S/C67H116NO8P/c1-3-5-7-9-11-13-15-17-19-21-22-23-24-25-26-27-28-29-30-31-32-33-34-35-36-37-38-39-40-41-42-44-46-48-50-52-54-56-58-60-67(70)76-65(64-75-77(71,72)74-62-61-68)63-73-66(69)59-57-55-53-51-49-47-45-43-20-18-16-14-12-10-8-6-4-2/h5,7,11,13,17-20,22-23,25-26,28-29,31-32,34-35,65H,3-4,6,8-10,12,14-16,21,24,27,30,33,36-64,68H2,1-2H3,(H,71,72)/b7-5-,13-11-,19-17-,20-18-,23-22-,26-25-,29-28-,32-31-,35-34-. The molecule has 0 aliphatic heterocycles. The van der Waals surface area contributed by atoms with Crippen LogP contribution >= 0.6 is 7.82 Å². The molecule has 3 N–H and O–H groups in total. The van der Waals surface area contributed by atoms with Crippen LogP contribution in [0.1, 0.15) is 271 Å². The van der Waals surface area contributed by atoms with Gasteiger partial charge in [-0.1, -0.05) is 264 Å². The van der Waals surface area contributed by atoms with Crippen LogP contribution in [0.5, 0.6) is 0 Å². The van der Waals surface area contributed by atoms with Crippen LogP contribution in [0.3, 0.4) is 0 Å². The zero-order valence-electron chi connectivity index (χ0n) is 49.4. The number of allylic oxidation sites excluding steroid dienone is 18. The van der Waals surface area contributed by atoms with Gasteiger partial charge in [0.1, 0.15) is 6.61 Å². The van der Waals surface area contributed by atoms with Crippen molar-refractivity contribution in [3.05, 3.63) is 109 Å². The lowest BCUT2D eigenvalue weighted by atomic mass is 10.0. The summed E-state index contributed by atoms with van der Waals surface area (Å²) in [5, 5.41) is 0. The zero-order valence-corrected chi connectivity index (χ0v) is 50.3. The number of hydrogen-bond donors (Lipinski definition) is 2. The van der Waals surface area contributed by atoms with Gasteiger partial charge >= 0.3 is 19.8 Å². The molecule has 0 amide bonds. The van der Waals surface area contributed by atoms with Gasteiger partial charge in [-0.2, -0.15) is 0 Å². The maximum atomic E-state index is 12.7. The Labute approximate surface area is 473 Å². The first-order chi connectivity index (χ1) is 37.8. The molecule has 0 bridgehead atoms. The number of nitrogens with two attached hydrogens (primary N) is 1. The fourth-order valence-electron chi connectivity index (χ4n) is 8.53. The van der Waals surface area contributed by atoms with E-state index < -0.39 is 26.5 Å². The van der Waals surface area contributed by atoms with Crippen LogP contribution in [-0.2, 0) is 32.7 Å². The molecule has 2 atom stereocenters. The summed E-state index contributed by atoms with van der Waals surface area (Å²) < 4.78 is 33.0. The monoisotopic (exact) mass is 1090 g/mol. The maximum absolute atomic E-state index is 12.7. The highest BCUT2D eigenvalue weighted by Gasteiger charge is 2.26. The Morgan fingerprint density at radius 1 is 0.403 bits per heavy atom. The molecule has 10 heteroatoms. The molecule has 0 aromatic carbocycles. The van der Waals surface area contributed by atoms with Crippen molar-refractivity contribution >= 4 is 19.8 Å². The predicted molar refractivity (Wildman–Crippen MR) is 330 cm³/mol. The Morgan fingerprint density at radius 3 is 1.08 bits per heavy atom. The van der Waals surface area contributed by atoms with Crippen molar-refractivity contribution in [3.63, 3.8) is 0 Å². The van der Waals surface area contributed by atoms with Gasteiger partial charge in [-0.25, -0.2) is 4.57 Å². The predicted octanol–water partition coefficient (Wildman–Crippen LogP) is 20.2. The summed E-state index contributed by atoms with van der Waals surface area (Å²) in [5.41, 5.74) is 5.38. The van der Waals surface area contributed by atoms with Crippen LogP contribution in [0.15, 0.2) is 109 Å². The number of phosphoric ester groups is 1. The van der Waals surface area contributed by atoms with Crippen LogP contribution in [0.4, 0.5) is 0 Å². The van der Waals surface area contributed by atoms with E-state index in [9.17, 15) is 19.0 Å². The van der Waals surface area contributed by atoms with Crippen molar-refractivity contribution in [2.24, 2.45) is 5.73 Å². The van der Waals surface area contributed by atoms with Gasteiger partial charge in [0.25, 0.3) is 0 Å². The molecule has 0 aliphatic rings. The summed E-state index contributed by atoms with van der Waals surface area (Å²) in [4.78, 5) is 35.2. The van der Waals surface area contributed by atoms with Crippen molar-refractivity contribution in [2.75, 3.05) is 26.4 Å². The highest BCUT2D eigenvalue weighted by atomic mass is 31.2. The largest absolute Gasteiger partial charge is 0.472 e. The van der Waals surface area contributed by atoms with Gasteiger partial charge in [-0.3, -0.25) is 18.6 Å². The first-order valence-electron chi connectivity index (χ1n) is 31.4. The third kappa shape index (κ3) is 61.7. The second kappa shape index (κ2) is 61.9. The fourth-order valence-corrected chi connectivity index (χ4v) is 9.30. The summed E-state index contributed by atoms with van der Waals surface area (Å²) in [5.74, 6) is -0.831. The number of carbonyl (C=O) groups excluding carboxylic acids is 2. The highest BCUT2D eigenvalue weighted by Crippen LogP contribution is 2.43. The van der Waals surface area contributed by atoms with E-state index in [0.29, 0.717) is 6.42 Å². The van der Waals surface area contributed by atoms with Crippen LogP contribution in [0.25, 0.3) is 0 Å². The average Bonchev–Trinajstić information content (AvgIpc) is 3.42. The van der Waals surface area contributed by atoms with Crippen LogP contribution in [0, 0.1) is 0 Å². The Morgan fingerprint density at radius 2 is 0.714 bits per heavy atom. The van der Waals surface area contributed by atoms with Crippen LogP contribution in [0.2, 0.25) is 0 Å². The van der Waals surface area contributed by atoms with Crippen molar-refractivity contribution < 1.29 is 37.6 Å². The minimum Gasteiger partial charge on any atom is -0.462 e. The number of phosphoric acid groups is 1. The molecule has 0 rings (SSSR count). The number of carbonyl (C=O) groups is 2. The molecule has 0 aliphatic carbocycles. The molecule has 9 nitrogen and oxygen atoms in total. The molecular weight excluding hydrogens is 978 g/mol. The smallest absolute Gasteiger partial charge is 0.462 e. The first-order valence-corrected chi connectivity index (χ1v) is 32.9. The lowest BCUT2D eigenvalue weighted by molar-refractivity contribution is -0.161. The Kier molecular flexibility index (Phi) is 59.2. The number of unbranched alkanes of at least 4 members (excludes halogenated alkanes) is 27. The van der Waals surface area contributed by atoms with Gasteiger partial charge in [0, 0.05) is 19.4 Å². The van der Waals surface area contributed by atoms with Crippen molar-refractivity contribution in [1.82, 2.24) is 0 Å². The summed E-state index contributed by atoms with van der Waals surface area (Å²) >= 11 is 0. The SMILES string of the molecule is CC/C=C\C/C=C\C/C=C\C/C=C\C/C=C\C/C=C\C/C=C\C/C=C\CCCCCCCCCCCCCCCCC(=O)OC(COC(=O)CCCCCCCCC/C=C\CCCCCCCC)COP(=O)(O)OCCN. The van der Waals surface area contributed by atoms with Gasteiger partial charge < -0.3 is 20.1 Å². The topological polar surface area (TPSA) is 134 Å². The van der Waals surface area contributed by atoms with Gasteiger partial charge in [-0.15, -0.1) is 0 Å². The quantitative estimate of drug-likeness (QED) is 0.0264. The maximum Gasteiger partial charge on any atom is 0.472 e. The van der Waals surface area contributed by atoms with Gasteiger partial charge in [0.15, 0.2) is 6.10 Å². The molecule has 2 unspecified atom stereocenters. The normalized spacial score (nSPS) is 13.8. The molecule has 0 saturated heterocycles.